The lowest BCUT2D eigenvalue weighted by atomic mass is 10.2. The molecular formula is C16H19ClN4O3. The van der Waals surface area contributed by atoms with Gasteiger partial charge in [0.2, 0.25) is 0 Å². The monoisotopic (exact) mass is 350 g/mol. The van der Waals surface area contributed by atoms with E-state index in [4.69, 9.17) is 16.3 Å². The first kappa shape index (κ1) is 17.8. The van der Waals surface area contributed by atoms with Gasteiger partial charge in [-0.1, -0.05) is 11.6 Å². The van der Waals surface area contributed by atoms with Gasteiger partial charge in [-0.15, -0.1) is 0 Å². The molecule has 2 N–H and O–H groups in total. The number of rotatable bonds is 5. The number of nitrogens with one attached hydrogen (secondary N) is 2. The second-order valence-electron chi connectivity index (χ2n) is 5.38. The Morgan fingerprint density at radius 2 is 1.88 bits per heavy atom. The molecular weight excluding hydrogens is 332 g/mol. The number of benzene rings is 1. The van der Waals surface area contributed by atoms with Gasteiger partial charge in [-0.25, -0.2) is 0 Å². The number of hydrogen-bond donors (Lipinski definition) is 2. The maximum atomic E-state index is 11.8. The highest BCUT2D eigenvalue weighted by molar-refractivity contribution is 6.30. The summed E-state index contributed by atoms with van der Waals surface area (Å²) in [6, 6.07) is 6.98. The number of aryl methyl sites for hydroxylation is 3. The third-order valence-electron chi connectivity index (χ3n) is 3.23. The van der Waals surface area contributed by atoms with Gasteiger partial charge >= 0.3 is 0 Å². The van der Waals surface area contributed by atoms with Crippen LogP contribution in [0.1, 0.15) is 17.0 Å². The first-order chi connectivity index (χ1) is 11.3. The molecule has 1 aromatic heterocycles. The van der Waals surface area contributed by atoms with Crippen LogP contribution < -0.4 is 15.6 Å². The summed E-state index contributed by atoms with van der Waals surface area (Å²) in [5.74, 6) is -0.285. The number of halogens is 1. The van der Waals surface area contributed by atoms with E-state index in [1.165, 1.54) is 0 Å². The van der Waals surface area contributed by atoms with E-state index >= 15 is 0 Å². The average molecular weight is 351 g/mol. The molecule has 0 radical (unpaired) electrons. The molecule has 24 heavy (non-hydrogen) atoms. The summed E-state index contributed by atoms with van der Waals surface area (Å²) in [6.45, 7) is 5.34. The molecule has 2 rings (SSSR count). The van der Waals surface area contributed by atoms with Gasteiger partial charge in [-0.05, 0) is 50.6 Å². The number of hydrogen-bond acceptors (Lipinski definition) is 4. The van der Waals surface area contributed by atoms with Crippen molar-refractivity contribution < 1.29 is 14.3 Å². The predicted octanol–water partition coefficient (Wildman–Crippen LogP) is 1.69. The summed E-state index contributed by atoms with van der Waals surface area (Å²) in [5, 5.41) is 4.78. The van der Waals surface area contributed by atoms with Gasteiger partial charge in [0.1, 0.15) is 12.3 Å². The zero-order valence-corrected chi connectivity index (χ0v) is 14.5. The molecule has 0 atom stereocenters. The van der Waals surface area contributed by atoms with Crippen molar-refractivity contribution in [3.05, 3.63) is 46.2 Å². The number of carbonyl (C=O) groups excluding carboxylic acids is 2. The van der Waals surface area contributed by atoms with Crippen LogP contribution in [0.15, 0.2) is 24.3 Å². The Kier molecular flexibility index (Phi) is 5.81. The second-order valence-corrected chi connectivity index (χ2v) is 5.82. The highest BCUT2D eigenvalue weighted by Gasteiger charge is 2.09. The van der Waals surface area contributed by atoms with Crippen LogP contribution in [0.2, 0.25) is 5.02 Å². The first-order valence-corrected chi connectivity index (χ1v) is 7.70. The van der Waals surface area contributed by atoms with E-state index in [1.54, 1.807) is 22.9 Å². The van der Waals surface area contributed by atoms with Gasteiger partial charge in [-0.2, -0.15) is 5.10 Å². The molecule has 7 nitrogen and oxygen atoms in total. The fourth-order valence-corrected chi connectivity index (χ4v) is 2.33. The smallest absolute Gasteiger partial charge is 0.276 e. The molecule has 0 aliphatic carbocycles. The number of ether oxygens (including phenoxy) is 1. The topological polar surface area (TPSA) is 85.2 Å². The highest BCUT2D eigenvalue weighted by atomic mass is 35.5. The Hall–Kier alpha value is -2.54. The van der Waals surface area contributed by atoms with Crippen LogP contribution in [-0.2, 0) is 16.1 Å². The number of hydrazine groups is 1. The molecule has 0 spiro atoms. The fourth-order valence-electron chi connectivity index (χ4n) is 2.10. The van der Waals surface area contributed by atoms with Crippen molar-refractivity contribution >= 4 is 23.4 Å². The second kappa shape index (κ2) is 7.83. The SMILES string of the molecule is Cc1cc(C)n(CC(=O)NNC(=O)COc2ccc(Cl)cc2C)n1. The van der Waals surface area contributed by atoms with Crippen molar-refractivity contribution in [2.45, 2.75) is 27.3 Å². The Balaban J connectivity index is 1.76. The zero-order valence-electron chi connectivity index (χ0n) is 13.7. The Morgan fingerprint density at radius 1 is 1.17 bits per heavy atom. The van der Waals surface area contributed by atoms with Gasteiger partial charge in [0.05, 0.1) is 5.69 Å². The first-order valence-electron chi connectivity index (χ1n) is 7.33. The molecule has 1 aromatic carbocycles. The molecule has 2 amide bonds. The molecule has 8 heteroatoms. The minimum Gasteiger partial charge on any atom is -0.483 e. The van der Waals surface area contributed by atoms with Crippen LogP contribution in [0.5, 0.6) is 5.75 Å². The van der Waals surface area contributed by atoms with Gasteiger partial charge in [0, 0.05) is 10.7 Å². The van der Waals surface area contributed by atoms with E-state index in [1.807, 2.05) is 26.8 Å². The highest BCUT2D eigenvalue weighted by Crippen LogP contribution is 2.21. The maximum Gasteiger partial charge on any atom is 0.276 e. The van der Waals surface area contributed by atoms with Crippen LogP contribution in [-0.4, -0.2) is 28.2 Å². The average Bonchev–Trinajstić information content (AvgIpc) is 2.82. The lowest BCUT2D eigenvalue weighted by molar-refractivity contribution is -0.130. The molecule has 1 heterocycles. The summed E-state index contributed by atoms with van der Waals surface area (Å²) in [5.41, 5.74) is 7.15. The third kappa shape index (κ3) is 4.99. The van der Waals surface area contributed by atoms with Gasteiger partial charge < -0.3 is 4.74 Å². The van der Waals surface area contributed by atoms with E-state index < -0.39 is 5.91 Å². The van der Waals surface area contributed by atoms with E-state index in [-0.39, 0.29) is 19.1 Å². The summed E-state index contributed by atoms with van der Waals surface area (Å²) in [7, 11) is 0. The summed E-state index contributed by atoms with van der Waals surface area (Å²) in [6.07, 6.45) is 0. The van der Waals surface area contributed by atoms with Crippen molar-refractivity contribution in [1.82, 2.24) is 20.6 Å². The fraction of sp³-hybridized carbons (Fsp3) is 0.312. The predicted molar refractivity (Wildman–Crippen MR) is 89.7 cm³/mol. The van der Waals surface area contributed by atoms with E-state index in [0.717, 1.165) is 17.0 Å². The van der Waals surface area contributed by atoms with Gasteiger partial charge in [-0.3, -0.25) is 25.1 Å². The normalized spacial score (nSPS) is 10.3. The Labute approximate surface area is 144 Å². The Bertz CT molecular complexity index is 758. The van der Waals surface area contributed by atoms with Crippen molar-refractivity contribution in [1.29, 1.82) is 0 Å². The van der Waals surface area contributed by atoms with E-state index in [9.17, 15) is 9.59 Å². The molecule has 0 saturated heterocycles. The molecule has 0 fully saturated rings. The largest absolute Gasteiger partial charge is 0.483 e. The maximum absolute atomic E-state index is 11.8. The Morgan fingerprint density at radius 3 is 2.50 bits per heavy atom. The molecule has 2 aromatic rings. The van der Waals surface area contributed by atoms with Crippen molar-refractivity contribution in [3.63, 3.8) is 0 Å². The van der Waals surface area contributed by atoms with E-state index in [0.29, 0.717) is 10.8 Å². The lowest BCUT2D eigenvalue weighted by Crippen LogP contribution is -2.45. The third-order valence-corrected chi connectivity index (χ3v) is 3.47. The van der Waals surface area contributed by atoms with Gasteiger partial charge in [0.25, 0.3) is 11.8 Å². The summed E-state index contributed by atoms with van der Waals surface area (Å²) >= 11 is 5.85. The van der Waals surface area contributed by atoms with Crippen LogP contribution >= 0.6 is 11.6 Å². The quantitative estimate of drug-likeness (QED) is 0.803. The number of amides is 2. The molecule has 0 bridgehead atoms. The standard InChI is InChI=1S/C16H19ClN4O3/c1-10-6-13(17)4-5-14(10)24-9-16(23)19-18-15(22)8-21-12(3)7-11(2)20-21/h4-7H,8-9H2,1-3H3,(H,18,22)(H,19,23). The van der Waals surface area contributed by atoms with Crippen LogP contribution in [0.4, 0.5) is 0 Å². The number of aromatic nitrogens is 2. The van der Waals surface area contributed by atoms with Crippen LogP contribution in [0.25, 0.3) is 0 Å². The van der Waals surface area contributed by atoms with Crippen molar-refractivity contribution in [2.75, 3.05) is 6.61 Å². The summed E-state index contributed by atoms with van der Waals surface area (Å²) < 4.78 is 6.95. The minimum absolute atomic E-state index is 0.0249. The summed E-state index contributed by atoms with van der Waals surface area (Å²) in [4.78, 5) is 23.5. The lowest BCUT2D eigenvalue weighted by Gasteiger charge is -2.11. The minimum atomic E-state index is -0.467. The van der Waals surface area contributed by atoms with Crippen LogP contribution in [0.3, 0.4) is 0 Å². The van der Waals surface area contributed by atoms with Gasteiger partial charge in [0.15, 0.2) is 6.61 Å². The van der Waals surface area contributed by atoms with Crippen LogP contribution in [0, 0.1) is 20.8 Å². The number of carbonyl (C=O) groups is 2. The zero-order chi connectivity index (χ0) is 17.7. The molecule has 0 saturated carbocycles. The van der Waals surface area contributed by atoms with Crippen molar-refractivity contribution in [2.24, 2.45) is 0 Å². The molecule has 0 aliphatic heterocycles. The van der Waals surface area contributed by atoms with E-state index in [2.05, 4.69) is 16.0 Å². The molecule has 128 valence electrons. The molecule has 0 unspecified atom stereocenters. The molecule has 0 aliphatic rings. The number of nitrogens with zero attached hydrogens (tertiary/aromatic N) is 2. The van der Waals surface area contributed by atoms with Crippen molar-refractivity contribution in [3.8, 4) is 5.75 Å².